The molecule has 0 aromatic rings. The molecule has 0 atom stereocenters. The number of hydrogen-bond donors (Lipinski definition) is 2. The highest BCUT2D eigenvalue weighted by atomic mass is 16.4. The Balaban J connectivity index is 1.95. The topological polar surface area (TPSA) is 66.4 Å². The highest BCUT2D eigenvalue weighted by Crippen LogP contribution is 2.43. The van der Waals surface area contributed by atoms with E-state index in [0.29, 0.717) is 19.3 Å². The highest BCUT2D eigenvalue weighted by molar-refractivity contribution is 5.81. The maximum atomic E-state index is 10.9. The summed E-state index contributed by atoms with van der Waals surface area (Å²) in [7, 11) is 0. The summed E-state index contributed by atoms with van der Waals surface area (Å²) in [6, 6.07) is 0. The second kappa shape index (κ2) is 2.21. The lowest BCUT2D eigenvalue weighted by atomic mass is 9.67. The van der Waals surface area contributed by atoms with E-state index in [-0.39, 0.29) is 17.4 Å². The Kier molecular flexibility index (Phi) is 1.40. The van der Waals surface area contributed by atoms with Gasteiger partial charge in [-0.3, -0.25) is 9.59 Å². The molecule has 1 saturated carbocycles. The molecule has 0 radical (unpaired) electrons. The van der Waals surface area contributed by atoms with Crippen molar-refractivity contribution in [2.24, 2.45) is 5.92 Å². The first-order chi connectivity index (χ1) is 5.61. The predicted molar refractivity (Wildman–Crippen MR) is 40.5 cm³/mol. The van der Waals surface area contributed by atoms with Crippen molar-refractivity contribution in [1.29, 1.82) is 0 Å². The van der Waals surface area contributed by atoms with Crippen molar-refractivity contribution in [2.45, 2.75) is 31.2 Å². The predicted octanol–water partition coefficient (Wildman–Crippen LogP) is 0.130. The Hall–Kier alpha value is -1.06. The third-order valence-corrected chi connectivity index (χ3v) is 2.86. The molecule has 1 heterocycles. The van der Waals surface area contributed by atoms with Gasteiger partial charge < -0.3 is 10.4 Å². The molecular weight excluding hydrogens is 158 g/mol. The largest absolute Gasteiger partial charge is 0.481 e. The number of rotatable bonds is 1. The molecule has 1 amide bonds. The third kappa shape index (κ3) is 0.983. The summed E-state index contributed by atoms with van der Waals surface area (Å²) in [6.45, 7) is 0. The van der Waals surface area contributed by atoms with Gasteiger partial charge in [0, 0.05) is 12.0 Å². The fraction of sp³-hybridized carbons (Fsp3) is 0.750. The van der Waals surface area contributed by atoms with E-state index in [1.807, 2.05) is 0 Å². The average Bonchev–Trinajstić information content (AvgIpc) is 2.27. The zero-order valence-electron chi connectivity index (χ0n) is 6.67. The van der Waals surface area contributed by atoms with E-state index in [2.05, 4.69) is 5.32 Å². The minimum Gasteiger partial charge on any atom is -0.481 e. The van der Waals surface area contributed by atoms with Crippen LogP contribution in [0.3, 0.4) is 0 Å². The normalized spacial score (nSPS) is 39.3. The van der Waals surface area contributed by atoms with Crippen LogP contribution in [0.1, 0.15) is 25.7 Å². The first kappa shape index (κ1) is 7.58. The quantitative estimate of drug-likeness (QED) is 0.586. The van der Waals surface area contributed by atoms with Crippen molar-refractivity contribution in [3.8, 4) is 0 Å². The van der Waals surface area contributed by atoms with Gasteiger partial charge >= 0.3 is 5.97 Å². The number of nitrogens with one attached hydrogen (secondary N) is 1. The lowest BCUT2D eigenvalue weighted by Crippen LogP contribution is -2.54. The van der Waals surface area contributed by atoms with Gasteiger partial charge in [0.1, 0.15) is 0 Å². The summed E-state index contributed by atoms with van der Waals surface area (Å²) in [5.74, 6) is -0.899. The zero-order valence-corrected chi connectivity index (χ0v) is 6.67. The first-order valence-electron chi connectivity index (χ1n) is 4.15. The van der Waals surface area contributed by atoms with Crippen molar-refractivity contribution in [1.82, 2.24) is 5.32 Å². The molecule has 1 spiro atoms. The van der Waals surface area contributed by atoms with Crippen molar-refractivity contribution in [3.05, 3.63) is 0 Å². The lowest BCUT2D eigenvalue weighted by molar-refractivity contribution is -0.148. The van der Waals surface area contributed by atoms with Gasteiger partial charge in [-0.1, -0.05) is 0 Å². The van der Waals surface area contributed by atoms with E-state index < -0.39 is 5.97 Å². The highest BCUT2D eigenvalue weighted by Gasteiger charge is 2.50. The van der Waals surface area contributed by atoms with Crippen LogP contribution in [-0.2, 0) is 9.59 Å². The lowest BCUT2D eigenvalue weighted by Gasteiger charge is -2.42. The monoisotopic (exact) mass is 169 g/mol. The molecule has 2 rings (SSSR count). The fourth-order valence-corrected chi connectivity index (χ4v) is 2.14. The molecule has 0 aromatic carbocycles. The molecule has 1 aliphatic heterocycles. The number of aliphatic carboxylic acids is 1. The van der Waals surface area contributed by atoms with Gasteiger partial charge in [0.15, 0.2) is 0 Å². The summed E-state index contributed by atoms with van der Waals surface area (Å²) >= 11 is 0. The van der Waals surface area contributed by atoms with Gasteiger partial charge in [-0.05, 0) is 19.3 Å². The molecule has 2 N–H and O–H groups in total. The van der Waals surface area contributed by atoms with Crippen LogP contribution in [-0.4, -0.2) is 22.5 Å². The second-order valence-corrected chi connectivity index (χ2v) is 3.77. The Morgan fingerprint density at radius 3 is 2.67 bits per heavy atom. The van der Waals surface area contributed by atoms with E-state index in [1.165, 1.54) is 0 Å². The Labute approximate surface area is 69.9 Å². The number of carbonyl (C=O) groups excluding carboxylic acids is 1. The molecule has 12 heavy (non-hydrogen) atoms. The number of carboxylic acids is 1. The Bertz CT molecular complexity index is 243. The summed E-state index contributed by atoms with van der Waals surface area (Å²) in [5, 5.41) is 11.5. The second-order valence-electron chi connectivity index (χ2n) is 3.77. The van der Waals surface area contributed by atoms with Gasteiger partial charge in [-0.2, -0.15) is 0 Å². The molecule has 0 unspecified atom stereocenters. The number of amides is 1. The maximum absolute atomic E-state index is 10.9. The minimum absolute atomic E-state index is 0.0684. The molecule has 66 valence electrons. The van der Waals surface area contributed by atoms with Crippen LogP contribution in [0.15, 0.2) is 0 Å². The number of hydrogen-bond acceptors (Lipinski definition) is 2. The summed E-state index contributed by atoms with van der Waals surface area (Å²) in [4.78, 5) is 21.4. The van der Waals surface area contributed by atoms with Crippen molar-refractivity contribution >= 4 is 11.9 Å². The van der Waals surface area contributed by atoms with Gasteiger partial charge in [-0.25, -0.2) is 0 Å². The molecular formula is C8H11NO3. The molecule has 4 heteroatoms. The van der Waals surface area contributed by atoms with E-state index in [0.717, 1.165) is 6.42 Å². The molecule has 2 aliphatic rings. The van der Waals surface area contributed by atoms with E-state index in [4.69, 9.17) is 5.11 Å². The number of carboxylic acid groups (broad SMARTS) is 1. The fourth-order valence-electron chi connectivity index (χ4n) is 2.14. The van der Waals surface area contributed by atoms with Crippen LogP contribution < -0.4 is 5.32 Å². The summed E-state index contributed by atoms with van der Waals surface area (Å²) in [6.07, 6.45) is 2.62. The van der Waals surface area contributed by atoms with E-state index in [1.54, 1.807) is 0 Å². The van der Waals surface area contributed by atoms with Gasteiger partial charge in [-0.15, -0.1) is 0 Å². The van der Waals surface area contributed by atoms with Crippen LogP contribution in [0.2, 0.25) is 0 Å². The zero-order chi connectivity index (χ0) is 8.77. The average molecular weight is 169 g/mol. The maximum Gasteiger partial charge on any atom is 0.306 e. The number of carbonyl (C=O) groups is 2. The molecule has 1 saturated heterocycles. The van der Waals surface area contributed by atoms with Crippen molar-refractivity contribution < 1.29 is 14.7 Å². The van der Waals surface area contributed by atoms with Crippen LogP contribution >= 0.6 is 0 Å². The first-order valence-corrected chi connectivity index (χ1v) is 4.15. The van der Waals surface area contributed by atoms with Crippen molar-refractivity contribution in [2.75, 3.05) is 0 Å². The molecule has 0 aromatic heterocycles. The molecule has 0 bridgehead atoms. The smallest absolute Gasteiger partial charge is 0.306 e. The van der Waals surface area contributed by atoms with E-state index in [9.17, 15) is 9.59 Å². The Morgan fingerprint density at radius 2 is 2.25 bits per heavy atom. The molecule has 2 fully saturated rings. The standard InChI is InChI=1S/C8H11NO3/c10-6-1-2-8(9-6)3-5(4-8)7(11)12/h5H,1-4H2,(H,9,10)(H,11,12)/t5-,8+. The van der Waals surface area contributed by atoms with Gasteiger partial charge in [0.05, 0.1) is 5.92 Å². The van der Waals surface area contributed by atoms with Gasteiger partial charge in [0.25, 0.3) is 0 Å². The minimum atomic E-state index is -0.734. The SMILES string of the molecule is O=C1CC[C@]2(C[C@H](C(=O)O)C2)N1. The Morgan fingerprint density at radius 1 is 1.58 bits per heavy atom. The summed E-state index contributed by atoms with van der Waals surface area (Å²) in [5.41, 5.74) is -0.139. The van der Waals surface area contributed by atoms with Gasteiger partial charge in [0.2, 0.25) is 5.91 Å². The summed E-state index contributed by atoms with van der Waals surface area (Å²) < 4.78 is 0. The van der Waals surface area contributed by atoms with Crippen molar-refractivity contribution in [3.63, 3.8) is 0 Å². The van der Waals surface area contributed by atoms with E-state index >= 15 is 0 Å². The molecule has 1 aliphatic carbocycles. The third-order valence-electron chi connectivity index (χ3n) is 2.86. The van der Waals surface area contributed by atoms with Crippen LogP contribution in [0, 0.1) is 5.92 Å². The van der Waals surface area contributed by atoms with Crippen LogP contribution in [0.5, 0.6) is 0 Å². The molecule has 4 nitrogen and oxygen atoms in total. The van der Waals surface area contributed by atoms with Crippen LogP contribution in [0.4, 0.5) is 0 Å². The van der Waals surface area contributed by atoms with Crippen LogP contribution in [0.25, 0.3) is 0 Å².